The van der Waals surface area contributed by atoms with Crippen molar-refractivity contribution in [3.63, 3.8) is 0 Å². The summed E-state index contributed by atoms with van der Waals surface area (Å²) in [7, 11) is 2.01. The van der Waals surface area contributed by atoms with E-state index in [2.05, 4.69) is 48.9 Å². The molecule has 2 atom stereocenters. The molecule has 0 heterocycles. The van der Waals surface area contributed by atoms with E-state index in [1.165, 1.54) is 18.1 Å². The maximum Gasteiger partial charge on any atom is 0.137 e. The van der Waals surface area contributed by atoms with Crippen LogP contribution in [0.3, 0.4) is 0 Å². The van der Waals surface area contributed by atoms with E-state index in [0.717, 1.165) is 12.8 Å². The number of hydrogen-bond acceptors (Lipinski definition) is 1. The summed E-state index contributed by atoms with van der Waals surface area (Å²) in [6.07, 6.45) is 3.30. The zero-order valence-electron chi connectivity index (χ0n) is 13.3. The fourth-order valence-electron chi connectivity index (χ4n) is 2.87. The van der Waals surface area contributed by atoms with Crippen molar-refractivity contribution in [3.8, 4) is 0 Å². The van der Waals surface area contributed by atoms with Gasteiger partial charge in [0, 0.05) is 6.04 Å². The van der Waals surface area contributed by atoms with Crippen molar-refractivity contribution in [1.29, 1.82) is 0 Å². The molecule has 0 saturated heterocycles. The first-order valence-corrected chi connectivity index (χ1v) is 8.12. The molecule has 1 N–H and O–H groups in total. The van der Waals surface area contributed by atoms with Crippen molar-refractivity contribution in [2.75, 3.05) is 7.05 Å². The second-order valence-electron chi connectivity index (χ2n) is 7.04. The number of nitrogens with one attached hydrogen (secondary N) is 1. The van der Waals surface area contributed by atoms with Crippen molar-refractivity contribution < 1.29 is 4.39 Å². The Balaban J connectivity index is 2.60. The zero-order valence-corrected chi connectivity index (χ0v) is 14.8. The molecule has 1 aromatic rings. The Hall–Kier alpha value is -0.410. The summed E-state index contributed by atoms with van der Waals surface area (Å²) in [5.74, 6) is 0.479. The lowest BCUT2D eigenvalue weighted by atomic mass is 9.82. The second kappa shape index (κ2) is 7.56. The molecule has 0 spiro atoms. The fraction of sp³-hybridized carbons (Fsp3) is 0.647. The quantitative estimate of drug-likeness (QED) is 0.750. The van der Waals surface area contributed by atoms with Gasteiger partial charge in [0.05, 0.1) is 4.47 Å². The SMILES string of the molecule is CNC(Cc1ccc(F)c(Br)c1)CC(C)CC(C)(C)C. The van der Waals surface area contributed by atoms with Crippen LogP contribution in [-0.2, 0) is 6.42 Å². The van der Waals surface area contributed by atoms with Crippen molar-refractivity contribution in [1.82, 2.24) is 5.32 Å². The molecule has 0 aliphatic carbocycles. The Kier molecular flexibility index (Phi) is 6.67. The van der Waals surface area contributed by atoms with Crippen LogP contribution in [0.5, 0.6) is 0 Å². The van der Waals surface area contributed by atoms with Gasteiger partial charge in [-0.1, -0.05) is 33.8 Å². The van der Waals surface area contributed by atoms with Gasteiger partial charge in [0.1, 0.15) is 5.82 Å². The molecular weight excluding hydrogens is 317 g/mol. The Morgan fingerprint density at radius 2 is 1.95 bits per heavy atom. The zero-order chi connectivity index (χ0) is 15.3. The van der Waals surface area contributed by atoms with Crippen molar-refractivity contribution in [2.45, 2.75) is 53.0 Å². The Bertz CT molecular complexity index is 425. The minimum absolute atomic E-state index is 0.198. The lowest BCUT2D eigenvalue weighted by Crippen LogP contribution is -2.30. The third-order valence-electron chi connectivity index (χ3n) is 3.52. The van der Waals surface area contributed by atoms with Crippen molar-refractivity contribution >= 4 is 15.9 Å². The Morgan fingerprint density at radius 1 is 1.30 bits per heavy atom. The largest absolute Gasteiger partial charge is 0.317 e. The van der Waals surface area contributed by atoms with Gasteiger partial charge in [-0.15, -0.1) is 0 Å². The van der Waals surface area contributed by atoms with Crippen LogP contribution in [-0.4, -0.2) is 13.1 Å². The third kappa shape index (κ3) is 6.36. The average molecular weight is 344 g/mol. The van der Waals surface area contributed by atoms with Crippen molar-refractivity contribution in [3.05, 3.63) is 34.1 Å². The van der Waals surface area contributed by atoms with Gasteiger partial charge in [0.15, 0.2) is 0 Å². The molecule has 2 unspecified atom stereocenters. The van der Waals surface area contributed by atoms with Gasteiger partial charge in [0.2, 0.25) is 0 Å². The predicted molar refractivity (Wildman–Crippen MR) is 88.5 cm³/mol. The highest BCUT2D eigenvalue weighted by molar-refractivity contribution is 9.10. The van der Waals surface area contributed by atoms with Crippen molar-refractivity contribution in [2.24, 2.45) is 11.3 Å². The number of halogens is 2. The highest BCUT2D eigenvalue weighted by atomic mass is 79.9. The molecule has 0 bridgehead atoms. The average Bonchev–Trinajstić information content (AvgIpc) is 2.30. The van der Waals surface area contributed by atoms with Gasteiger partial charge in [-0.05, 0) is 71.3 Å². The Labute approximate surface area is 131 Å². The molecule has 0 aliphatic rings. The molecule has 1 rings (SSSR count). The first-order valence-electron chi connectivity index (χ1n) is 7.32. The predicted octanol–water partition coefficient (Wildman–Crippen LogP) is 5.18. The van der Waals surface area contributed by atoms with Crippen LogP contribution in [0.1, 0.15) is 46.1 Å². The Morgan fingerprint density at radius 3 is 2.45 bits per heavy atom. The molecule has 0 amide bonds. The lowest BCUT2D eigenvalue weighted by Gasteiger charge is -2.26. The molecule has 0 radical (unpaired) electrons. The van der Waals surface area contributed by atoms with Crippen LogP contribution in [0.25, 0.3) is 0 Å². The maximum absolute atomic E-state index is 13.3. The molecule has 114 valence electrons. The maximum atomic E-state index is 13.3. The van der Waals surface area contributed by atoms with Crippen LogP contribution in [0, 0.1) is 17.2 Å². The van der Waals surface area contributed by atoms with Gasteiger partial charge in [0.25, 0.3) is 0 Å². The number of hydrogen-bond donors (Lipinski definition) is 1. The number of rotatable bonds is 6. The molecule has 0 saturated carbocycles. The first kappa shape index (κ1) is 17.6. The van der Waals surface area contributed by atoms with Gasteiger partial charge in [-0.3, -0.25) is 0 Å². The topological polar surface area (TPSA) is 12.0 Å². The van der Waals surface area contributed by atoms with Crippen LogP contribution in [0.2, 0.25) is 0 Å². The summed E-state index contributed by atoms with van der Waals surface area (Å²) in [5.41, 5.74) is 1.54. The minimum Gasteiger partial charge on any atom is -0.317 e. The number of likely N-dealkylation sites (N-methyl/N-ethyl adjacent to an activating group) is 1. The summed E-state index contributed by atoms with van der Waals surface area (Å²) in [4.78, 5) is 0. The summed E-state index contributed by atoms with van der Waals surface area (Å²) in [6.45, 7) is 9.18. The van der Waals surface area contributed by atoms with Crippen LogP contribution >= 0.6 is 15.9 Å². The molecule has 0 aromatic heterocycles. The summed E-state index contributed by atoms with van der Waals surface area (Å²) in [6, 6.07) is 5.72. The third-order valence-corrected chi connectivity index (χ3v) is 4.13. The smallest absolute Gasteiger partial charge is 0.137 e. The van der Waals surface area contributed by atoms with Crippen LogP contribution in [0.15, 0.2) is 22.7 Å². The molecular formula is C17H27BrFN. The second-order valence-corrected chi connectivity index (χ2v) is 7.90. The monoisotopic (exact) mass is 343 g/mol. The molecule has 0 aliphatic heterocycles. The van der Waals surface area contributed by atoms with E-state index in [1.807, 2.05) is 19.2 Å². The first-order chi connectivity index (χ1) is 9.21. The van der Waals surface area contributed by atoms with E-state index in [0.29, 0.717) is 21.8 Å². The lowest BCUT2D eigenvalue weighted by molar-refractivity contribution is 0.277. The van der Waals surface area contributed by atoms with Gasteiger partial charge >= 0.3 is 0 Å². The van der Waals surface area contributed by atoms with E-state index in [4.69, 9.17) is 0 Å². The molecule has 0 fully saturated rings. The molecule has 1 nitrogen and oxygen atoms in total. The highest BCUT2D eigenvalue weighted by Crippen LogP contribution is 2.27. The van der Waals surface area contributed by atoms with E-state index in [-0.39, 0.29) is 5.82 Å². The molecule has 20 heavy (non-hydrogen) atoms. The highest BCUT2D eigenvalue weighted by Gasteiger charge is 2.18. The number of benzene rings is 1. The summed E-state index contributed by atoms with van der Waals surface area (Å²) >= 11 is 3.25. The van der Waals surface area contributed by atoms with E-state index in [9.17, 15) is 4.39 Å². The summed E-state index contributed by atoms with van der Waals surface area (Å²) in [5, 5.41) is 3.39. The molecule has 1 aromatic carbocycles. The minimum atomic E-state index is -0.198. The molecule has 3 heteroatoms. The van der Waals surface area contributed by atoms with E-state index < -0.39 is 0 Å². The van der Waals surface area contributed by atoms with Crippen LogP contribution < -0.4 is 5.32 Å². The standard InChI is InChI=1S/C17H27BrFN/c1-12(11-17(2,3)4)8-14(20-5)9-13-6-7-16(19)15(18)10-13/h6-7,10,12,14,20H,8-9,11H2,1-5H3. The van der Waals surface area contributed by atoms with Gasteiger partial charge in [-0.2, -0.15) is 0 Å². The van der Waals surface area contributed by atoms with Gasteiger partial charge in [-0.25, -0.2) is 4.39 Å². The van der Waals surface area contributed by atoms with Gasteiger partial charge < -0.3 is 5.32 Å². The van der Waals surface area contributed by atoms with E-state index >= 15 is 0 Å². The summed E-state index contributed by atoms with van der Waals surface area (Å²) < 4.78 is 13.8. The fourth-order valence-corrected chi connectivity index (χ4v) is 3.29. The van der Waals surface area contributed by atoms with Crippen LogP contribution in [0.4, 0.5) is 4.39 Å². The normalized spacial score (nSPS) is 15.2. The van der Waals surface area contributed by atoms with E-state index in [1.54, 1.807) is 0 Å².